The summed E-state index contributed by atoms with van der Waals surface area (Å²) in [5, 5.41) is 0. The molecule has 3 nitrogen and oxygen atoms in total. The highest BCUT2D eigenvalue weighted by Crippen LogP contribution is 2.30. The Balaban J connectivity index is 2.33. The van der Waals surface area contributed by atoms with E-state index in [1.165, 1.54) is 25.9 Å². The summed E-state index contributed by atoms with van der Waals surface area (Å²) in [5.41, 5.74) is 5.19. The first kappa shape index (κ1) is 22.2. The van der Waals surface area contributed by atoms with Gasteiger partial charge in [0.15, 0.2) is 0 Å². The third-order valence-corrected chi connectivity index (χ3v) is 5.26. The molecule has 0 N–H and O–H groups in total. The van der Waals surface area contributed by atoms with E-state index >= 15 is 0 Å². The van der Waals surface area contributed by atoms with Crippen LogP contribution in [-0.4, -0.2) is 49.2 Å². The van der Waals surface area contributed by atoms with Gasteiger partial charge in [-0.1, -0.05) is 56.8 Å². The maximum absolute atomic E-state index is 4.45. The number of hydrogen-bond acceptors (Lipinski definition) is 3. The fraction of sp³-hybridized carbons (Fsp3) is 0.480. The predicted molar refractivity (Wildman–Crippen MR) is 125 cm³/mol. The fourth-order valence-electron chi connectivity index (χ4n) is 3.98. The van der Waals surface area contributed by atoms with Gasteiger partial charge in [0.25, 0.3) is 0 Å². The topological polar surface area (TPSA) is 18.8 Å². The van der Waals surface area contributed by atoms with Crippen molar-refractivity contribution in [2.24, 2.45) is 10.9 Å². The van der Waals surface area contributed by atoms with E-state index in [0.717, 1.165) is 54.1 Å². The molecule has 3 heteroatoms. The molecule has 0 spiro atoms. The van der Waals surface area contributed by atoms with Crippen LogP contribution in [0.5, 0.6) is 0 Å². The van der Waals surface area contributed by atoms with E-state index in [-0.39, 0.29) is 0 Å². The zero-order valence-electron chi connectivity index (χ0n) is 18.1. The average Bonchev–Trinajstić information content (AvgIpc) is 3.18. The summed E-state index contributed by atoms with van der Waals surface area (Å²) < 4.78 is 0. The molecule has 152 valence electrons. The van der Waals surface area contributed by atoms with Crippen LogP contribution < -0.4 is 0 Å². The molecule has 0 bridgehead atoms. The van der Waals surface area contributed by atoms with E-state index in [4.69, 9.17) is 0 Å². The van der Waals surface area contributed by atoms with Gasteiger partial charge in [0, 0.05) is 18.7 Å². The summed E-state index contributed by atoms with van der Waals surface area (Å²) in [6.45, 7) is 24.4. The normalized spacial score (nSPS) is 15.4. The molecule has 1 fully saturated rings. The maximum Gasteiger partial charge on any atom is 0.0933 e. The molecule has 0 atom stereocenters. The van der Waals surface area contributed by atoms with Crippen molar-refractivity contribution in [2.75, 3.05) is 32.7 Å². The number of hydrogen-bond donors (Lipinski definition) is 0. The Morgan fingerprint density at radius 2 is 1.86 bits per heavy atom. The molecular weight excluding hydrogens is 342 g/mol. The van der Waals surface area contributed by atoms with E-state index in [2.05, 4.69) is 60.6 Å². The van der Waals surface area contributed by atoms with Crippen LogP contribution in [-0.2, 0) is 0 Å². The molecule has 0 aliphatic carbocycles. The van der Waals surface area contributed by atoms with Gasteiger partial charge in [0.2, 0.25) is 0 Å². The molecule has 0 amide bonds. The summed E-state index contributed by atoms with van der Waals surface area (Å²) >= 11 is 0. The second-order valence-electron chi connectivity index (χ2n) is 8.16. The summed E-state index contributed by atoms with van der Waals surface area (Å²) in [4.78, 5) is 9.47. The van der Waals surface area contributed by atoms with E-state index in [9.17, 15) is 0 Å². The van der Waals surface area contributed by atoms with Crippen LogP contribution in [0.2, 0.25) is 0 Å². The van der Waals surface area contributed by atoms with Gasteiger partial charge in [-0.3, -0.25) is 4.99 Å². The lowest BCUT2D eigenvalue weighted by Gasteiger charge is -2.30. The van der Waals surface area contributed by atoms with Gasteiger partial charge >= 0.3 is 0 Å². The summed E-state index contributed by atoms with van der Waals surface area (Å²) in [6.07, 6.45) is 5.78. The third kappa shape index (κ3) is 5.93. The highest BCUT2D eigenvalue weighted by molar-refractivity contribution is 5.81. The Morgan fingerprint density at radius 3 is 2.39 bits per heavy atom. The Morgan fingerprint density at radius 1 is 1.21 bits per heavy atom. The van der Waals surface area contributed by atoms with E-state index < -0.39 is 0 Å². The summed E-state index contributed by atoms with van der Waals surface area (Å²) in [7, 11) is 0. The zero-order valence-corrected chi connectivity index (χ0v) is 18.1. The molecule has 1 aliphatic rings. The van der Waals surface area contributed by atoms with Crippen LogP contribution in [0.3, 0.4) is 0 Å². The average molecular weight is 380 g/mol. The van der Waals surface area contributed by atoms with Crippen molar-refractivity contribution >= 4 is 18.0 Å². The first-order chi connectivity index (χ1) is 13.5. The van der Waals surface area contributed by atoms with Crippen LogP contribution in [0, 0.1) is 5.92 Å². The van der Waals surface area contributed by atoms with Gasteiger partial charge in [-0.25, -0.2) is 0 Å². The first-order valence-electron chi connectivity index (χ1n) is 10.5. The number of rotatable bonds is 11. The fourth-order valence-corrected chi connectivity index (χ4v) is 3.98. The lowest BCUT2D eigenvalue weighted by molar-refractivity contribution is 0.272. The van der Waals surface area contributed by atoms with Crippen LogP contribution in [0.15, 0.2) is 54.2 Å². The number of nitrogens with zero attached hydrogens (tertiary/aromatic N) is 3. The second kappa shape index (κ2) is 11.0. The van der Waals surface area contributed by atoms with Crippen LogP contribution in [0.1, 0.15) is 51.2 Å². The van der Waals surface area contributed by atoms with Crippen molar-refractivity contribution in [3.05, 3.63) is 60.3 Å². The van der Waals surface area contributed by atoms with Gasteiger partial charge in [-0.2, -0.15) is 0 Å². The van der Waals surface area contributed by atoms with Crippen LogP contribution in [0.4, 0.5) is 0 Å². The van der Waals surface area contributed by atoms with Crippen molar-refractivity contribution in [1.82, 2.24) is 9.80 Å². The van der Waals surface area contributed by atoms with Crippen molar-refractivity contribution in [3.63, 3.8) is 0 Å². The molecule has 28 heavy (non-hydrogen) atoms. The molecule has 1 aromatic rings. The maximum atomic E-state index is 4.45. The first-order valence-corrected chi connectivity index (χ1v) is 10.5. The molecule has 0 radical (unpaired) electrons. The number of aliphatic imine (C=N–C) groups is 1. The summed E-state index contributed by atoms with van der Waals surface area (Å²) in [5.74, 6) is 0.559. The Labute approximate surface area is 172 Å². The molecule has 2 rings (SSSR count). The molecule has 1 saturated heterocycles. The lowest BCUT2D eigenvalue weighted by Crippen LogP contribution is -2.31. The molecule has 1 aromatic carbocycles. The lowest BCUT2D eigenvalue weighted by atomic mass is 9.98. The minimum Gasteiger partial charge on any atom is -0.369 e. The van der Waals surface area contributed by atoms with Gasteiger partial charge in [-0.15, -0.1) is 0 Å². The van der Waals surface area contributed by atoms with Gasteiger partial charge < -0.3 is 9.80 Å². The molecule has 0 unspecified atom stereocenters. The molecule has 0 aromatic heterocycles. The summed E-state index contributed by atoms with van der Waals surface area (Å²) in [6, 6.07) is 8.30. The van der Waals surface area contributed by atoms with Crippen molar-refractivity contribution < 1.29 is 0 Å². The molecule has 0 saturated carbocycles. The molecule has 1 aliphatic heterocycles. The predicted octanol–water partition coefficient (Wildman–Crippen LogP) is 5.72. The van der Waals surface area contributed by atoms with E-state index in [1.54, 1.807) is 0 Å². The van der Waals surface area contributed by atoms with Crippen molar-refractivity contribution in [2.45, 2.75) is 40.0 Å². The van der Waals surface area contributed by atoms with Gasteiger partial charge in [-0.05, 0) is 70.1 Å². The Kier molecular flexibility index (Phi) is 8.72. The Bertz CT molecular complexity index is 708. The second-order valence-corrected chi connectivity index (χ2v) is 8.16. The van der Waals surface area contributed by atoms with Crippen LogP contribution >= 0.6 is 0 Å². The third-order valence-electron chi connectivity index (χ3n) is 5.26. The number of allylic oxidation sites excluding steroid dienone is 2. The molecular formula is C25H37N3. The van der Waals surface area contributed by atoms with Gasteiger partial charge in [0.05, 0.1) is 11.4 Å². The number of likely N-dealkylation sites (tertiary alicyclic amines) is 1. The van der Waals surface area contributed by atoms with Crippen molar-refractivity contribution in [1.29, 1.82) is 0 Å². The molecule has 1 heterocycles. The van der Waals surface area contributed by atoms with E-state index in [1.807, 2.05) is 25.1 Å². The largest absolute Gasteiger partial charge is 0.369 e. The smallest absolute Gasteiger partial charge is 0.0933 e. The highest BCUT2D eigenvalue weighted by atomic mass is 15.2. The van der Waals surface area contributed by atoms with Crippen LogP contribution in [0.25, 0.3) is 11.3 Å². The highest BCUT2D eigenvalue weighted by Gasteiger charge is 2.18. The zero-order chi connectivity index (χ0) is 20.5. The quantitative estimate of drug-likeness (QED) is 0.362. The minimum absolute atomic E-state index is 0.559. The van der Waals surface area contributed by atoms with Crippen molar-refractivity contribution in [3.8, 4) is 0 Å². The Hall–Kier alpha value is -2.13. The SMILES string of the molecule is C=C/C(=C(/N=C)c1ccccc1C(=C)C)N(CCCN1CCCC1)CC(C)C. The standard InChI is InChI=1S/C25H37N3/c1-7-24(25(26-6)23-14-9-8-13-22(23)21(4)5)28(19-20(2)3)18-12-17-27-15-10-11-16-27/h7-9,13-14,20H,1,4,6,10-12,15-19H2,2-3,5H3/b25-24-. The van der Waals surface area contributed by atoms with Gasteiger partial charge in [0.1, 0.15) is 0 Å². The van der Waals surface area contributed by atoms with E-state index in [0.29, 0.717) is 5.92 Å². The number of benzene rings is 1. The minimum atomic E-state index is 0.559. The monoisotopic (exact) mass is 379 g/mol.